The van der Waals surface area contributed by atoms with Crippen molar-refractivity contribution in [2.45, 2.75) is 18.9 Å². The first-order valence-corrected chi connectivity index (χ1v) is 10.6. The smallest absolute Gasteiger partial charge is 0.295 e. The van der Waals surface area contributed by atoms with E-state index in [2.05, 4.69) is 5.32 Å². The molecule has 0 bridgehead atoms. The molecule has 170 valence electrons. The lowest BCUT2D eigenvalue weighted by Gasteiger charge is -2.36. The number of benzene rings is 2. The summed E-state index contributed by atoms with van der Waals surface area (Å²) in [6.45, 7) is 2.48. The summed E-state index contributed by atoms with van der Waals surface area (Å²) in [6.07, 6.45) is 1.84. The van der Waals surface area contributed by atoms with E-state index in [1.807, 2.05) is 0 Å². The van der Waals surface area contributed by atoms with Gasteiger partial charge in [0.05, 0.1) is 22.8 Å². The maximum atomic E-state index is 14.5. The molecule has 2 saturated heterocycles. The van der Waals surface area contributed by atoms with Crippen molar-refractivity contribution in [3.8, 4) is 0 Å². The molecule has 10 heteroatoms. The third-order valence-electron chi connectivity index (χ3n) is 5.80. The third kappa shape index (κ3) is 4.80. The maximum absolute atomic E-state index is 14.5. The van der Waals surface area contributed by atoms with E-state index >= 15 is 0 Å². The Hall–Kier alpha value is -3.27. The number of hydrogen-bond acceptors (Lipinski definition) is 6. The lowest BCUT2D eigenvalue weighted by atomic mass is 10.1. The van der Waals surface area contributed by atoms with Gasteiger partial charge in [0.15, 0.2) is 5.82 Å². The molecule has 8 nitrogen and oxygen atoms in total. The van der Waals surface area contributed by atoms with Crippen LogP contribution < -0.4 is 10.2 Å². The van der Waals surface area contributed by atoms with E-state index in [-0.39, 0.29) is 23.4 Å². The predicted octanol–water partition coefficient (Wildman–Crippen LogP) is 3.43. The van der Waals surface area contributed by atoms with Gasteiger partial charge in [0.1, 0.15) is 11.5 Å². The molecule has 2 aromatic carbocycles. The van der Waals surface area contributed by atoms with E-state index < -0.39 is 16.6 Å². The standard InChI is InChI=1S/C22H24F2N4O4/c23-16-5-3-15(4-6-16)22(29)27-9-7-26(8-10-27)20-13-19(18(24)12-21(20)28(30)31)25-14-17-2-1-11-32-17/h3-6,12-13,17,25H,1-2,7-11,14H2/t17-/m0/s1. The number of piperazine rings is 1. The molecule has 1 N–H and O–H groups in total. The number of anilines is 2. The summed E-state index contributed by atoms with van der Waals surface area (Å²) in [7, 11) is 0. The highest BCUT2D eigenvalue weighted by atomic mass is 19.1. The molecule has 0 aromatic heterocycles. The quantitative estimate of drug-likeness (QED) is 0.540. The zero-order valence-electron chi connectivity index (χ0n) is 17.4. The van der Waals surface area contributed by atoms with Crippen LogP contribution in [-0.4, -0.2) is 61.2 Å². The van der Waals surface area contributed by atoms with Gasteiger partial charge in [0.2, 0.25) is 0 Å². The summed E-state index contributed by atoms with van der Waals surface area (Å²) >= 11 is 0. The highest BCUT2D eigenvalue weighted by Crippen LogP contribution is 2.34. The number of halogens is 2. The molecule has 1 amide bonds. The van der Waals surface area contributed by atoms with Crippen molar-refractivity contribution in [1.29, 1.82) is 0 Å². The van der Waals surface area contributed by atoms with Crippen molar-refractivity contribution in [2.75, 3.05) is 49.5 Å². The SMILES string of the molecule is O=C(c1ccc(F)cc1)N1CCN(c2cc(NC[C@@H]3CCCO3)c(F)cc2[N+](=O)[O-])CC1. The number of nitrogens with one attached hydrogen (secondary N) is 1. The Kier molecular flexibility index (Phi) is 6.50. The Morgan fingerprint density at radius 3 is 2.50 bits per heavy atom. The number of hydrogen-bond donors (Lipinski definition) is 1. The minimum absolute atomic E-state index is 0.00550. The fraction of sp³-hybridized carbons (Fsp3) is 0.409. The van der Waals surface area contributed by atoms with Gasteiger partial charge in [-0.25, -0.2) is 8.78 Å². The molecule has 32 heavy (non-hydrogen) atoms. The summed E-state index contributed by atoms with van der Waals surface area (Å²) in [5.41, 5.74) is 0.558. The second kappa shape index (κ2) is 9.47. The lowest BCUT2D eigenvalue weighted by Crippen LogP contribution is -2.49. The van der Waals surface area contributed by atoms with E-state index in [0.29, 0.717) is 50.6 Å². The zero-order chi connectivity index (χ0) is 22.7. The van der Waals surface area contributed by atoms with Crippen LogP contribution in [0.3, 0.4) is 0 Å². The monoisotopic (exact) mass is 446 g/mol. The number of ether oxygens (including phenoxy) is 1. The molecule has 2 fully saturated rings. The maximum Gasteiger partial charge on any atom is 0.295 e. The Bertz CT molecular complexity index is 988. The van der Waals surface area contributed by atoms with Gasteiger partial charge in [0.25, 0.3) is 11.6 Å². The van der Waals surface area contributed by atoms with Crippen molar-refractivity contribution in [3.63, 3.8) is 0 Å². The van der Waals surface area contributed by atoms with E-state index in [1.54, 1.807) is 9.80 Å². The van der Waals surface area contributed by atoms with Gasteiger partial charge in [-0.15, -0.1) is 0 Å². The van der Waals surface area contributed by atoms with Gasteiger partial charge in [-0.1, -0.05) is 0 Å². The van der Waals surface area contributed by atoms with E-state index in [9.17, 15) is 23.7 Å². The van der Waals surface area contributed by atoms with Crippen molar-refractivity contribution in [3.05, 3.63) is 63.7 Å². The van der Waals surface area contributed by atoms with Gasteiger partial charge in [-0.3, -0.25) is 14.9 Å². The Morgan fingerprint density at radius 1 is 1.16 bits per heavy atom. The lowest BCUT2D eigenvalue weighted by molar-refractivity contribution is -0.384. The Labute approximate surface area is 183 Å². The van der Waals surface area contributed by atoms with E-state index in [4.69, 9.17) is 4.74 Å². The molecule has 4 rings (SSSR count). The van der Waals surface area contributed by atoms with Crippen LogP contribution in [0.15, 0.2) is 36.4 Å². The van der Waals surface area contributed by atoms with Crippen LogP contribution in [-0.2, 0) is 4.74 Å². The van der Waals surface area contributed by atoms with Gasteiger partial charge < -0.3 is 19.9 Å². The molecule has 0 aliphatic carbocycles. The first kappa shape index (κ1) is 21.9. The fourth-order valence-corrected chi connectivity index (χ4v) is 4.04. The van der Waals surface area contributed by atoms with Crippen molar-refractivity contribution in [2.24, 2.45) is 0 Å². The number of carbonyl (C=O) groups is 1. The number of nitro groups is 1. The minimum atomic E-state index is -0.691. The summed E-state index contributed by atoms with van der Waals surface area (Å²) in [6, 6.07) is 7.72. The van der Waals surface area contributed by atoms with Crippen molar-refractivity contribution >= 4 is 23.0 Å². The van der Waals surface area contributed by atoms with Crippen LogP contribution >= 0.6 is 0 Å². The number of nitro benzene ring substituents is 1. The second-order valence-electron chi connectivity index (χ2n) is 7.88. The molecular formula is C22H24F2N4O4. The average Bonchev–Trinajstić information content (AvgIpc) is 3.32. The summed E-state index contributed by atoms with van der Waals surface area (Å²) < 4.78 is 33.2. The van der Waals surface area contributed by atoms with Gasteiger partial charge in [-0.2, -0.15) is 0 Å². The Morgan fingerprint density at radius 2 is 1.88 bits per heavy atom. The average molecular weight is 446 g/mol. The number of rotatable bonds is 6. The van der Waals surface area contributed by atoms with Crippen molar-refractivity contribution in [1.82, 2.24) is 4.90 Å². The Balaban J connectivity index is 1.47. The molecule has 2 aliphatic heterocycles. The fourth-order valence-electron chi connectivity index (χ4n) is 4.04. The van der Waals surface area contributed by atoms with Gasteiger partial charge in [-0.05, 0) is 43.2 Å². The van der Waals surface area contributed by atoms with Crippen LogP contribution in [0.2, 0.25) is 0 Å². The first-order chi connectivity index (χ1) is 15.4. The van der Waals surface area contributed by atoms with E-state index in [1.165, 1.54) is 30.3 Å². The molecule has 2 aliphatic rings. The van der Waals surface area contributed by atoms with Crippen LogP contribution in [0.4, 0.5) is 25.8 Å². The molecule has 0 spiro atoms. The third-order valence-corrected chi connectivity index (χ3v) is 5.80. The van der Waals surface area contributed by atoms with Crippen LogP contribution in [0.1, 0.15) is 23.2 Å². The molecular weight excluding hydrogens is 422 g/mol. The highest BCUT2D eigenvalue weighted by molar-refractivity contribution is 5.94. The molecule has 0 unspecified atom stereocenters. The normalized spacial score (nSPS) is 18.6. The molecule has 2 aromatic rings. The molecule has 2 heterocycles. The minimum Gasteiger partial charge on any atom is -0.380 e. The van der Waals surface area contributed by atoms with Crippen LogP contribution in [0.5, 0.6) is 0 Å². The van der Waals surface area contributed by atoms with Gasteiger partial charge in [0, 0.05) is 44.9 Å². The topological polar surface area (TPSA) is 88.0 Å². The first-order valence-electron chi connectivity index (χ1n) is 10.6. The van der Waals surface area contributed by atoms with Crippen LogP contribution in [0.25, 0.3) is 0 Å². The number of nitrogens with zero attached hydrogens (tertiary/aromatic N) is 3. The zero-order valence-corrected chi connectivity index (χ0v) is 17.4. The van der Waals surface area contributed by atoms with Crippen molar-refractivity contribution < 1.29 is 23.2 Å². The van der Waals surface area contributed by atoms with Gasteiger partial charge >= 0.3 is 0 Å². The summed E-state index contributed by atoms with van der Waals surface area (Å²) in [5, 5.41) is 14.6. The number of carbonyl (C=O) groups excluding carboxylic acids is 1. The summed E-state index contributed by atoms with van der Waals surface area (Å²) in [4.78, 5) is 27.0. The largest absolute Gasteiger partial charge is 0.380 e. The van der Waals surface area contributed by atoms with E-state index in [0.717, 1.165) is 18.9 Å². The summed E-state index contributed by atoms with van der Waals surface area (Å²) in [5.74, 6) is -1.33. The molecule has 1 atom stereocenters. The molecule has 0 saturated carbocycles. The predicted molar refractivity (Wildman–Crippen MR) is 115 cm³/mol. The van der Waals surface area contributed by atoms with Crippen LogP contribution in [0, 0.1) is 21.7 Å². The highest BCUT2D eigenvalue weighted by Gasteiger charge is 2.28. The molecule has 0 radical (unpaired) electrons. The number of amides is 1. The second-order valence-corrected chi connectivity index (χ2v) is 7.88.